The van der Waals surface area contributed by atoms with E-state index in [1.807, 2.05) is 12.1 Å². The van der Waals surface area contributed by atoms with Gasteiger partial charge in [0.2, 0.25) is 0 Å². The molecule has 0 saturated heterocycles. The van der Waals surface area contributed by atoms with E-state index in [0.717, 1.165) is 24.4 Å². The lowest BCUT2D eigenvalue weighted by Gasteiger charge is -2.13. The maximum Gasteiger partial charge on any atom is 0.341 e. The Bertz CT molecular complexity index is 720. The minimum absolute atomic E-state index is 0.270. The lowest BCUT2D eigenvalue weighted by atomic mass is 10.1. The molecule has 0 spiro atoms. The van der Waals surface area contributed by atoms with E-state index in [1.165, 1.54) is 18.2 Å². The predicted octanol–water partition coefficient (Wildman–Crippen LogP) is 3.16. The zero-order valence-electron chi connectivity index (χ0n) is 13.6. The maximum atomic E-state index is 11.6. The molecule has 0 fully saturated rings. The summed E-state index contributed by atoms with van der Waals surface area (Å²) in [5.74, 6) is 1.91. The van der Waals surface area contributed by atoms with Crippen molar-refractivity contribution in [2.24, 2.45) is 0 Å². The summed E-state index contributed by atoms with van der Waals surface area (Å²) in [7, 11) is 3.08. The normalized spacial score (nSPS) is 16.2. The number of rotatable bonds is 5. The molecule has 1 aromatic carbocycles. The van der Waals surface area contributed by atoms with E-state index in [2.05, 4.69) is 11.4 Å². The van der Waals surface area contributed by atoms with E-state index in [1.54, 1.807) is 20.1 Å². The summed E-state index contributed by atoms with van der Waals surface area (Å²) in [5.41, 5.74) is 3.04. The first kappa shape index (κ1) is 15.6. The molecular weight excluding hydrogens is 294 g/mol. The third-order valence-corrected chi connectivity index (χ3v) is 4.34. The average molecular weight is 315 g/mol. The fourth-order valence-corrected chi connectivity index (χ4v) is 3.19. The third kappa shape index (κ3) is 2.97. The molecule has 0 saturated carbocycles. The molecule has 3 rings (SSSR count). The lowest BCUT2D eigenvalue weighted by molar-refractivity contribution is 0.0599. The van der Waals surface area contributed by atoms with Crippen LogP contribution in [0, 0.1) is 6.92 Å². The molecule has 1 aliphatic carbocycles. The summed E-state index contributed by atoms with van der Waals surface area (Å²) in [6.45, 7) is 2.34. The van der Waals surface area contributed by atoms with Gasteiger partial charge in [-0.15, -0.1) is 0 Å². The number of carbonyl (C=O) groups excluding carboxylic acids is 1. The van der Waals surface area contributed by atoms with Crippen LogP contribution in [-0.2, 0) is 17.7 Å². The van der Waals surface area contributed by atoms with Gasteiger partial charge in [-0.05, 0) is 43.0 Å². The quantitative estimate of drug-likeness (QED) is 0.859. The minimum Gasteiger partial charge on any atom is -0.496 e. The van der Waals surface area contributed by atoms with Crippen LogP contribution >= 0.6 is 0 Å². The summed E-state index contributed by atoms with van der Waals surface area (Å²) < 4.78 is 15.8. The molecule has 1 unspecified atom stereocenters. The molecule has 0 radical (unpaired) electrons. The SMILES string of the molecule is COC(=O)c1cc(CNC2CCc3c(OC)cccc32)oc1C. The van der Waals surface area contributed by atoms with Crippen LogP contribution in [0.3, 0.4) is 0 Å². The van der Waals surface area contributed by atoms with Gasteiger partial charge in [0.25, 0.3) is 0 Å². The van der Waals surface area contributed by atoms with Gasteiger partial charge in [-0.3, -0.25) is 0 Å². The number of fused-ring (bicyclic) bond motifs is 1. The van der Waals surface area contributed by atoms with E-state index in [9.17, 15) is 4.79 Å². The number of carbonyl (C=O) groups is 1. The number of ether oxygens (including phenoxy) is 2. The van der Waals surface area contributed by atoms with Crippen molar-refractivity contribution in [3.8, 4) is 5.75 Å². The van der Waals surface area contributed by atoms with Crippen LogP contribution in [-0.4, -0.2) is 20.2 Å². The maximum absolute atomic E-state index is 11.6. The first-order chi connectivity index (χ1) is 11.1. The van der Waals surface area contributed by atoms with Crippen LogP contribution in [0.15, 0.2) is 28.7 Å². The van der Waals surface area contributed by atoms with Gasteiger partial charge in [0, 0.05) is 6.04 Å². The van der Waals surface area contributed by atoms with Crippen molar-refractivity contribution in [2.75, 3.05) is 14.2 Å². The number of methoxy groups -OCH3 is 2. The van der Waals surface area contributed by atoms with Crippen LogP contribution in [0.1, 0.15) is 45.5 Å². The Morgan fingerprint density at radius 1 is 1.39 bits per heavy atom. The Morgan fingerprint density at radius 3 is 2.96 bits per heavy atom. The lowest BCUT2D eigenvalue weighted by Crippen LogP contribution is -2.18. The number of esters is 1. The molecule has 1 atom stereocenters. The molecule has 122 valence electrons. The van der Waals surface area contributed by atoms with Gasteiger partial charge in [-0.2, -0.15) is 0 Å². The van der Waals surface area contributed by atoms with Gasteiger partial charge in [-0.25, -0.2) is 4.79 Å². The van der Waals surface area contributed by atoms with E-state index in [-0.39, 0.29) is 12.0 Å². The fourth-order valence-electron chi connectivity index (χ4n) is 3.19. The molecule has 1 aliphatic rings. The summed E-state index contributed by atoms with van der Waals surface area (Å²) in [5, 5.41) is 3.50. The van der Waals surface area contributed by atoms with E-state index >= 15 is 0 Å². The van der Waals surface area contributed by atoms with Gasteiger partial charge in [0.1, 0.15) is 22.8 Å². The van der Waals surface area contributed by atoms with Gasteiger partial charge in [0.05, 0.1) is 20.8 Å². The average Bonchev–Trinajstić information content (AvgIpc) is 3.15. The molecule has 0 bridgehead atoms. The second-order valence-corrected chi connectivity index (χ2v) is 5.67. The van der Waals surface area contributed by atoms with E-state index in [4.69, 9.17) is 13.9 Å². The standard InChI is InChI=1S/C18H21NO4/c1-11-15(18(20)22-3)9-12(23-11)10-19-16-8-7-14-13(16)5-4-6-17(14)21-2/h4-6,9,16,19H,7-8,10H2,1-3H3. The number of furan rings is 1. The van der Waals surface area contributed by atoms with E-state index in [0.29, 0.717) is 17.9 Å². The largest absolute Gasteiger partial charge is 0.496 e. The highest BCUT2D eigenvalue weighted by atomic mass is 16.5. The van der Waals surface area contributed by atoms with Crippen molar-refractivity contribution >= 4 is 5.97 Å². The van der Waals surface area contributed by atoms with Crippen LogP contribution in [0.5, 0.6) is 5.75 Å². The molecule has 23 heavy (non-hydrogen) atoms. The third-order valence-electron chi connectivity index (χ3n) is 4.34. The summed E-state index contributed by atoms with van der Waals surface area (Å²) in [6, 6.07) is 8.17. The summed E-state index contributed by atoms with van der Waals surface area (Å²) in [4.78, 5) is 11.6. The number of aryl methyl sites for hydroxylation is 1. The van der Waals surface area contributed by atoms with Crippen molar-refractivity contribution in [1.29, 1.82) is 0 Å². The highest BCUT2D eigenvalue weighted by Crippen LogP contribution is 2.36. The van der Waals surface area contributed by atoms with Gasteiger partial charge in [0.15, 0.2) is 0 Å². The molecular formula is C18H21NO4. The van der Waals surface area contributed by atoms with Crippen molar-refractivity contribution in [1.82, 2.24) is 5.32 Å². The Labute approximate surface area is 135 Å². The Hall–Kier alpha value is -2.27. The Balaban J connectivity index is 1.71. The number of hydrogen-bond donors (Lipinski definition) is 1. The molecule has 0 aliphatic heterocycles. The number of hydrogen-bond acceptors (Lipinski definition) is 5. The molecule has 0 amide bonds. The molecule has 2 aromatic rings. The Kier molecular flexibility index (Phi) is 4.39. The van der Waals surface area contributed by atoms with Gasteiger partial charge < -0.3 is 19.2 Å². The summed E-state index contributed by atoms with van der Waals surface area (Å²) in [6.07, 6.45) is 2.03. The number of benzene rings is 1. The zero-order chi connectivity index (χ0) is 16.4. The smallest absolute Gasteiger partial charge is 0.341 e. The van der Waals surface area contributed by atoms with Gasteiger partial charge in [-0.1, -0.05) is 12.1 Å². The first-order valence-electron chi connectivity index (χ1n) is 7.70. The fraction of sp³-hybridized carbons (Fsp3) is 0.389. The molecule has 5 heteroatoms. The van der Waals surface area contributed by atoms with E-state index < -0.39 is 0 Å². The number of nitrogens with one attached hydrogen (secondary N) is 1. The molecule has 1 heterocycles. The summed E-state index contributed by atoms with van der Waals surface area (Å²) >= 11 is 0. The van der Waals surface area contributed by atoms with Crippen molar-refractivity contribution < 1.29 is 18.7 Å². The van der Waals surface area contributed by atoms with Gasteiger partial charge >= 0.3 is 5.97 Å². The van der Waals surface area contributed by atoms with Crippen LogP contribution < -0.4 is 10.1 Å². The highest BCUT2D eigenvalue weighted by molar-refractivity contribution is 5.90. The topological polar surface area (TPSA) is 60.7 Å². The zero-order valence-corrected chi connectivity index (χ0v) is 13.6. The monoisotopic (exact) mass is 315 g/mol. The predicted molar refractivity (Wildman–Crippen MR) is 85.7 cm³/mol. The van der Waals surface area contributed by atoms with Crippen molar-refractivity contribution in [2.45, 2.75) is 32.4 Å². The van der Waals surface area contributed by atoms with Crippen LogP contribution in [0.4, 0.5) is 0 Å². The molecule has 1 aromatic heterocycles. The van der Waals surface area contributed by atoms with Crippen LogP contribution in [0.25, 0.3) is 0 Å². The Morgan fingerprint density at radius 2 is 2.22 bits per heavy atom. The van der Waals surface area contributed by atoms with Crippen molar-refractivity contribution in [3.63, 3.8) is 0 Å². The first-order valence-corrected chi connectivity index (χ1v) is 7.70. The minimum atomic E-state index is -0.367. The van der Waals surface area contributed by atoms with Crippen molar-refractivity contribution in [3.05, 3.63) is 52.5 Å². The second kappa shape index (κ2) is 6.46. The molecule has 1 N–H and O–H groups in total. The second-order valence-electron chi connectivity index (χ2n) is 5.67. The highest BCUT2D eigenvalue weighted by Gasteiger charge is 2.25. The van der Waals surface area contributed by atoms with Crippen LogP contribution in [0.2, 0.25) is 0 Å². The molecule has 5 nitrogen and oxygen atoms in total.